The second-order valence-electron chi connectivity index (χ2n) is 5.33. The number of carbonyl (C=O) groups excluding carboxylic acids is 1. The van der Waals surface area contributed by atoms with Crippen molar-refractivity contribution in [1.29, 1.82) is 0 Å². The van der Waals surface area contributed by atoms with Crippen LogP contribution >= 0.6 is 0 Å². The van der Waals surface area contributed by atoms with Gasteiger partial charge < -0.3 is 10.1 Å². The van der Waals surface area contributed by atoms with Crippen molar-refractivity contribution < 1.29 is 18.3 Å². The lowest BCUT2D eigenvalue weighted by molar-refractivity contribution is 0.102. The van der Waals surface area contributed by atoms with Gasteiger partial charge >= 0.3 is 0 Å². The average molecular weight is 303 g/mol. The van der Waals surface area contributed by atoms with Crippen molar-refractivity contribution in [3.05, 3.63) is 59.7 Å². The van der Waals surface area contributed by atoms with E-state index in [-0.39, 0.29) is 17.0 Å². The average Bonchev–Trinajstić information content (AvgIpc) is 3.31. The molecule has 1 N–H and O–H groups in total. The molecule has 3 rings (SSSR count). The molecule has 5 heteroatoms. The fourth-order valence-electron chi connectivity index (χ4n) is 2.03. The maximum absolute atomic E-state index is 13.9. The van der Waals surface area contributed by atoms with Gasteiger partial charge in [0.2, 0.25) is 0 Å². The third-order valence-electron chi connectivity index (χ3n) is 3.48. The number of benzene rings is 2. The Morgan fingerprint density at radius 1 is 1.14 bits per heavy atom. The lowest BCUT2D eigenvalue weighted by Gasteiger charge is -2.09. The zero-order valence-electron chi connectivity index (χ0n) is 11.8. The van der Waals surface area contributed by atoms with E-state index in [1.54, 1.807) is 6.07 Å². The van der Waals surface area contributed by atoms with Crippen molar-refractivity contribution in [3.63, 3.8) is 0 Å². The fourth-order valence-corrected chi connectivity index (χ4v) is 2.03. The minimum absolute atomic E-state index is 0.0861. The number of hydrogen-bond acceptors (Lipinski definition) is 2. The first-order valence-corrected chi connectivity index (χ1v) is 7.12. The maximum atomic E-state index is 13.9. The molecule has 0 atom stereocenters. The van der Waals surface area contributed by atoms with E-state index in [4.69, 9.17) is 4.74 Å². The largest absolute Gasteiger partial charge is 0.490 e. The third kappa shape index (κ3) is 3.42. The highest BCUT2D eigenvalue weighted by atomic mass is 19.1. The minimum atomic E-state index is -0.621. The summed E-state index contributed by atoms with van der Waals surface area (Å²) in [6, 6.07) is 9.79. The Kier molecular flexibility index (Phi) is 4.04. The SMILES string of the molecule is O=C(Nc1ccc(OCC2CC2)c(F)c1)c1ccccc1F. The van der Waals surface area contributed by atoms with Crippen LogP contribution in [0.25, 0.3) is 0 Å². The van der Waals surface area contributed by atoms with Crippen LogP contribution in [-0.2, 0) is 0 Å². The van der Waals surface area contributed by atoms with E-state index < -0.39 is 17.5 Å². The van der Waals surface area contributed by atoms with E-state index in [9.17, 15) is 13.6 Å². The summed E-state index contributed by atoms with van der Waals surface area (Å²) in [5.74, 6) is -1.10. The first kappa shape index (κ1) is 14.5. The van der Waals surface area contributed by atoms with Crippen LogP contribution in [0.3, 0.4) is 0 Å². The molecule has 0 radical (unpaired) electrons. The lowest BCUT2D eigenvalue weighted by atomic mass is 10.2. The number of nitrogens with one attached hydrogen (secondary N) is 1. The highest BCUT2D eigenvalue weighted by Crippen LogP contribution is 2.30. The Hall–Kier alpha value is -2.43. The molecule has 0 saturated heterocycles. The molecular weight excluding hydrogens is 288 g/mol. The molecule has 3 nitrogen and oxygen atoms in total. The van der Waals surface area contributed by atoms with Gasteiger partial charge in [-0.25, -0.2) is 8.78 Å². The van der Waals surface area contributed by atoms with E-state index in [0.29, 0.717) is 12.5 Å². The topological polar surface area (TPSA) is 38.3 Å². The third-order valence-corrected chi connectivity index (χ3v) is 3.48. The van der Waals surface area contributed by atoms with Crippen LogP contribution in [-0.4, -0.2) is 12.5 Å². The quantitative estimate of drug-likeness (QED) is 0.906. The molecule has 22 heavy (non-hydrogen) atoms. The van der Waals surface area contributed by atoms with Crippen molar-refractivity contribution in [3.8, 4) is 5.75 Å². The van der Waals surface area contributed by atoms with Crippen LogP contribution in [0.15, 0.2) is 42.5 Å². The minimum Gasteiger partial charge on any atom is -0.490 e. The van der Waals surface area contributed by atoms with Crippen LogP contribution in [0.1, 0.15) is 23.2 Å². The number of halogens is 2. The van der Waals surface area contributed by atoms with Crippen molar-refractivity contribution in [2.24, 2.45) is 5.92 Å². The highest BCUT2D eigenvalue weighted by Gasteiger charge is 2.22. The predicted molar refractivity (Wildman–Crippen MR) is 79.0 cm³/mol. The van der Waals surface area contributed by atoms with Crippen LogP contribution in [0.5, 0.6) is 5.75 Å². The smallest absolute Gasteiger partial charge is 0.258 e. The van der Waals surface area contributed by atoms with Gasteiger partial charge in [-0.3, -0.25) is 4.79 Å². The molecule has 2 aromatic carbocycles. The van der Waals surface area contributed by atoms with Gasteiger partial charge in [0, 0.05) is 11.8 Å². The molecule has 0 unspecified atom stereocenters. The Morgan fingerprint density at radius 3 is 2.59 bits per heavy atom. The second kappa shape index (κ2) is 6.13. The van der Waals surface area contributed by atoms with Crippen LogP contribution in [0.4, 0.5) is 14.5 Å². The highest BCUT2D eigenvalue weighted by molar-refractivity contribution is 6.04. The van der Waals surface area contributed by atoms with Gasteiger partial charge in [0.05, 0.1) is 12.2 Å². The zero-order chi connectivity index (χ0) is 15.5. The maximum Gasteiger partial charge on any atom is 0.258 e. The molecule has 0 spiro atoms. The molecule has 1 amide bonds. The molecule has 0 heterocycles. The van der Waals surface area contributed by atoms with Crippen molar-refractivity contribution in [2.75, 3.05) is 11.9 Å². The molecule has 1 saturated carbocycles. The van der Waals surface area contributed by atoms with Gasteiger partial charge in [0.25, 0.3) is 5.91 Å². The molecule has 0 aromatic heterocycles. The van der Waals surface area contributed by atoms with E-state index in [2.05, 4.69) is 5.32 Å². The van der Waals surface area contributed by atoms with Crippen molar-refractivity contribution in [1.82, 2.24) is 0 Å². The summed E-state index contributed by atoms with van der Waals surface area (Å²) in [7, 11) is 0. The van der Waals surface area contributed by atoms with Gasteiger partial charge in [0.1, 0.15) is 5.82 Å². The number of anilines is 1. The molecule has 0 bridgehead atoms. The first-order chi connectivity index (χ1) is 10.6. The van der Waals surface area contributed by atoms with Gasteiger partial charge in [-0.1, -0.05) is 12.1 Å². The Balaban J connectivity index is 1.68. The van der Waals surface area contributed by atoms with E-state index in [0.717, 1.165) is 12.8 Å². The van der Waals surface area contributed by atoms with Crippen LogP contribution in [0, 0.1) is 17.6 Å². The van der Waals surface area contributed by atoms with E-state index >= 15 is 0 Å². The summed E-state index contributed by atoms with van der Waals surface area (Å²) in [5, 5.41) is 2.47. The van der Waals surface area contributed by atoms with Crippen molar-refractivity contribution in [2.45, 2.75) is 12.8 Å². The number of rotatable bonds is 5. The monoisotopic (exact) mass is 303 g/mol. The van der Waals surface area contributed by atoms with Gasteiger partial charge in [-0.05, 0) is 43.0 Å². The standard InChI is InChI=1S/C17H15F2NO2/c18-14-4-2-1-3-13(14)17(21)20-12-7-8-16(15(19)9-12)22-10-11-5-6-11/h1-4,7-9,11H,5-6,10H2,(H,20,21). The molecule has 0 aliphatic heterocycles. The van der Waals surface area contributed by atoms with E-state index in [1.165, 1.54) is 36.4 Å². The summed E-state index contributed by atoms with van der Waals surface area (Å²) in [6.45, 7) is 0.512. The number of hydrogen-bond donors (Lipinski definition) is 1. The summed E-state index contributed by atoms with van der Waals surface area (Å²) >= 11 is 0. The summed E-state index contributed by atoms with van der Waals surface area (Å²) in [4.78, 5) is 11.9. The Bertz CT molecular complexity index is 699. The molecule has 1 aliphatic rings. The van der Waals surface area contributed by atoms with Gasteiger partial charge in [-0.2, -0.15) is 0 Å². The Morgan fingerprint density at radius 2 is 1.91 bits per heavy atom. The molecule has 114 valence electrons. The molecule has 2 aromatic rings. The number of amides is 1. The molecular formula is C17H15F2NO2. The van der Waals surface area contributed by atoms with E-state index in [1.807, 2.05) is 0 Å². The summed E-state index contributed by atoms with van der Waals surface area (Å²) in [5.41, 5.74) is 0.168. The van der Waals surface area contributed by atoms with Crippen molar-refractivity contribution >= 4 is 11.6 Å². The predicted octanol–water partition coefficient (Wildman–Crippen LogP) is 4.01. The van der Waals surface area contributed by atoms with Gasteiger partial charge in [-0.15, -0.1) is 0 Å². The molecule has 1 aliphatic carbocycles. The summed E-state index contributed by atoms with van der Waals surface area (Å²) in [6.07, 6.45) is 2.25. The Labute approximate surface area is 126 Å². The molecule has 1 fully saturated rings. The zero-order valence-corrected chi connectivity index (χ0v) is 11.8. The van der Waals surface area contributed by atoms with Gasteiger partial charge in [0.15, 0.2) is 11.6 Å². The number of carbonyl (C=O) groups is 1. The first-order valence-electron chi connectivity index (χ1n) is 7.12. The fraction of sp³-hybridized carbons (Fsp3) is 0.235. The second-order valence-corrected chi connectivity index (χ2v) is 5.33. The normalized spacial score (nSPS) is 13.7. The summed E-state index contributed by atoms with van der Waals surface area (Å²) < 4.78 is 32.8. The lowest BCUT2D eigenvalue weighted by Crippen LogP contribution is -2.13. The number of ether oxygens (including phenoxy) is 1. The van der Waals surface area contributed by atoms with Crippen LogP contribution < -0.4 is 10.1 Å². The van der Waals surface area contributed by atoms with Crippen LogP contribution in [0.2, 0.25) is 0 Å².